The Morgan fingerprint density at radius 1 is 1.30 bits per heavy atom. The average Bonchev–Trinajstić information content (AvgIpc) is 2.97. The maximum absolute atomic E-state index is 13.0. The smallest absolute Gasteiger partial charge is 0.271 e. The minimum absolute atomic E-state index is 0. The Kier molecular flexibility index (Phi) is 2.97. The fourth-order valence-corrected chi connectivity index (χ4v) is 3.67. The fraction of sp³-hybridized carbons (Fsp3) is 0.467. The van der Waals surface area contributed by atoms with Crippen LogP contribution in [0.1, 0.15) is 37.6 Å². The molecule has 0 radical (unpaired) electrons. The van der Waals surface area contributed by atoms with Crippen molar-refractivity contribution in [1.29, 1.82) is 0 Å². The first-order chi connectivity index (χ1) is 10.9. The number of rotatable bonds is 3. The van der Waals surface area contributed by atoms with Gasteiger partial charge < -0.3 is 5.32 Å². The molecule has 0 saturated heterocycles. The summed E-state index contributed by atoms with van der Waals surface area (Å²) in [6, 6.07) is -0.0581. The van der Waals surface area contributed by atoms with Crippen LogP contribution in [-0.2, 0) is 0 Å². The van der Waals surface area contributed by atoms with Gasteiger partial charge in [-0.25, -0.2) is 18.7 Å². The van der Waals surface area contributed by atoms with E-state index in [-0.39, 0.29) is 37.3 Å². The largest absolute Gasteiger partial charge is 0.348 e. The molecule has 2 aliphatic rings. The van der Waals surface area contributed by atoms with Crippen molar-refractivity contribution < 1.29 is 15.0 Å². The van der Waals surface area contributed by atoms with Crippen molar-refractivity contribution in [3.63, 3.8) is 0 Å². The molecule has 2 aliphatic carbocycles. The van der Waals surface area contributed by atoms with Crippen molar-refractivity contribution in [2.75, 3.05) is 0 Å². The number of alkyl halides is 2. The molecule has 2 fully saturated rings. The third-order valence-corrected chi connectivity index (χ3v) is 4.58. The fourth-order valence-electron chi connectivity index (χ4n) is 3.67. The lowest BCUT2D eigenvalue weighted by Crippen LogP contribution is -2.59. The molecule has 23 heavy (non-hydrogen) atoms. The number of halogens is 2. The van der Waals surface area contributed by atoms with E-state index in [9.17, 15) is 13.6 Å². The first kappa shape index (κ1) is 14.2. The molecule has 1 spiro atoms. The quantitative estimate of drug-likeness (QED) is 0.941. The van der Waals surface area contributed by atoms with Gasteiger partial charge in [-0.15, -0.1) is 0 Å². The zero-order valence-electron chi connectivity index (χ0n) is 12.2. The highest BCUT2D eigenvalue weighted by atomic mass is 19.3. The third-order valence-electron chi connectivity index (χ3n) is 4.58. The van der Waals surface area contributed by atoms with Crippen LogP contribution in [-0.4, -0.2) is 37.4 Å². The molecule has 2 aromatic rings. The molecule has 0 atom stereocenters. The van der Waals surface area contributed by atoms with E-state index in [2.05, 4.69) is 20.3 Å². The first-order valence-electron chi connectivity index (χ1n) is 7.44. The number of nitrogens with zero attached hydrogens (tertiary/aromatic N) is 4. The minimum Gasteiger partial charge on any atom is -0.348 e. The van der Waals surface area contributed by atoms with Gasteiger partial charge in [-0.3, -0.25) is 14.3 Å². The van der Waals surface area contributed by atoms with Crippen LogP contribution in [0.5, 0.6) is 0 Å². The second kappa shape index (κ2) is 4.81. The normalized spacial score (nSPS) is 21.5. The Morgan fingerprint density at radius 3 is 2.74 bits per heavy atom. The predicted octanol–water partition coefficient (Wildman–Crippen LogP) is 2.22. The predicted molar refractivity (Wildman–Crippen MR) is 78.4 cm³/mol. The standard InChI is InChI=1S/C15H15F2N5O.H2/c16-15(17)7-14(8-15)3-10(4-14)20-13(23)11-5-19-6-12(21-11)22-2-1-18-9-22;/h1-2,5-6,9-10H,3-4,7-8H2,(H,20,23);1H. The van der Waals surface area contributed by atoms with Crippen molar-refractivity contribution in [1.82, 2.24) is 24.8 Å². The molecule has 2 heterocycles. The molecule has 1 N–H and O–H groups in total. The Labute approximate surface area is 132 Å². The molecular formula is C15H17F2N5O. The van der Waals surface area contributed by atoms with Crippen molar-refractivity contribution in [3.05, 3.63) is 36.8 Å². The molecular weight excluding hydrogens is 304 g/mol. The van der Waals surface area contributed by atoms with Gasteiger partial charge in [0, 0.05) is 32.7 Å². The van der Waals surface area contributed by atoms with E-state index in [4.69, 9.17) is 0 Å². The highest BCUT2D eigenvalue weighted by Crippen LogP contribution is 2.62. The zero-order valence-corrected chi connectivity index (χ0v) is 12.2. The summed E-state index contributed by atoms with van der Waals surface area (Å²) in [6.45, 7) is 0. The molecule has 6 nitrogen and oxygen atoms in total. The monoisotopic (exact) mass is 321 g/mol. The van der Waals surface area contributed by atoms with E-state index in [1.807, 2.05) is 0 Å². The highest BCUT2D eigenvalue weighted by molar-refractivity contribution is 5.92. The third kappa shape index (κ3) is 2.58. The van der Waals surface area contributed by atoms with Crippen molar-refractivity contribution in [3.8, 4) is 5.82 Å². The summed E-state index contributed by atoms with van der Waals surface area (Å²) in [7, 11) is 0. The molecule has 0 aromatic carbocycles. The summed E-state index contributed by atoms with van der Waals surface area (Å²) in [6.07, 6.45) is 8.93. The Balaban J connectivity index is 0.00000169. The maximum Gasteiger partial charge on any atom is 0.271 e. The highest BCUT2D eigenvalue weighted by Gasteiger charge is 2.61. The summed E-state index contributed by atoms with van der Waals surface area (Å²) >= 11 is 0. The molecule has 0 unspecified atom stereocenters. The van der Waals surface area contributed by atoms with Gasteiger partial charge in [0.05, 0.1) is 12.4 Å². The summed E-state index contributed by atoms with van der Waals surface area (Å²) in [4.78, 5) is 24.4. The maximum atomic E-state index is 13.0. The van der Waals surface area contributed by atoms with Crippen molar-refractivity contribution in [2.45, 2.75) is 37.6 Å². The van der Waals surface area contributed by atoms with Gasteiger partial charge in [-0.1, -0.05) is 0 Å². The van der Waals surface area contributed by atoms with E-state index in [0.29, 0.717) is 18.7 Å². The first-order valence-corrected chi connectivity index (χ1v) is 7.44. The summed E-state index contributed by atoms with van der Waals surface area (Å²) in [5.74, 6) is -2.34. The number of carbonyl (C=O) groups is 1. The molecule has 2 saturated carbocycles. The van der Waals surface area contributed by atoms with Gasteiger partial charge in [0.2, 0.25) is 5.92 Å². The van der Waals surface area contributed by atoms with Crippen LogP contribution in [0.4, 0.5) is 8.78 Å². The number of aromatic nitrogens is 4. The van der Waals surface area contributed by atoms with Crippen LogP contribution in [0.3, 0.4) is 0 Å². The molecule has 0 aliphatic heterocycles. The zero-order chi connectivity index (χ0) is 16.1. The SMILES string of the molecule is O=C(NC1CC2(C1)CC(F)(F)C2)c1cncc(-n2ccnc2)n1.[HH]. The number of imidazole rings is 1. The molecule has 0 bridgehead atoms. The molecule has 122 valence electrons. The number of carbonyl (C=O) groups excluding carboxylic acids is 1. The lowest BCUT2D eigenvalue weighted by molar-refractivity contribution is -0.197. The van der Waals surface area contributed by atoms with Crippen LogP contribution in [0.15, 0.2) is 31.1 Å². The second-order valence-corrected chi connectivity index (χ2v) is 6.52. The van der Waals surface area contributed by atoms with Gasteiger partial charge in [0.25, 0.3) is 5.91 Å². The van der Waals surface area contributed by atoms with Gasteiger partial charge in [0.1, 0.15) is 12.0 Å². The van der Waals surface area contributed by atoms with E-state index < -0.39 is 5.92 Å². The lowest BCUT2D eigenvalue weighted by Gasteiger charge is -2.57. The molecule has 8 heteroatoms. The molecule has 4 rings (SSSR count). The number of hydrogen-bond donors (Lipinski definition) is 1. The van der Waals surface area contributed by atoms with E-state index >= 15 is 0 Å². The Hall–Kier alpha value is -2.38. The number of hydrogen-bond acceptors (Lipinski definition) is 4. The van der Waals surface area contributed by atoms with Gasteiger partial charge in [-0.05, 0) is 18.3 Å². The molecule has 1 amide bonds. The molecule has 2 aromatic heterocycles. The summed E-state index contributed by atoms with van der Waals surface area (Å²) in [5, 5.41) is 2.84. The topological polar surface area (TPSA) is 72.7 Å². The van der Waals surface area contributed by atoms with E-state index in [1.165, 1.54) is 12.4 Å². The number of amides is 1. The Morgan fingerprint density at radius 2 is 2.09 bits per heavy atom. The van der Waals surface area contributed by atoms with E-state index in [1.54, 1.807) is 23.3 Å². The van der Waals surface area contributed by atoms with Crippen LogP contribution in [0, 0.1) is 5.41 Å². The number of nitrogens with one attached hydrogen (secondary N) is 1. The van der Waals surface area contributed by atoms with Crippen LogP contribution in [0.25, 0.3) is 5.82 Å². The van der Waals surface area contributed by atoms with Gasteiger partial charge in [-0.2, -0.15) is 0 Å². The second-order valence-electron chi connectivity index (χ2n) is 6.52. The summed E-state index contributed by atoms with van der Waals surface area (Å²) in [5.41, 5.74) is -0.0534. The van der Waals surface area contributed by atoms with Crippen LogP contribution < -0.4 is 5.32 Å². The Bertz CT molecular complexity index is 736. The van der Waals surface area contributed by atoms with Gasteiger partial charge in [0.15, 0.2) is 5.82 Å². The van der Waals surface area contributed by atoms with Gasteiger partial charge >= 0.3 is 0 Å². The average molecular weight is 321 g/mol. The van der Waals surface area contributed by atoms with Crippen molar-refractivity contribution in [2.24, 2.45) is 5.41 Å². The van der Waals surface area contributed by atoms with Crippen molar-refractivity contribution >= 4 is 5.91 Å². The van der Waals surface area contributed by atoms with Crippen LogP contribution in [0.2, 0.25) is 0 Å². The van der Waals surface area contributed by atoms with E-state index in [0.717, 1.165) is 0 Å². The minimum atomic E-state index is -2.51. The lowest BCUT2D eigenvalue weighted by atomic mass is 9.52. The summed E-state index contributed by atoms with van der Waals surface area (Å²) < 4.78 is 27.6. The van der Waals surface area contributed by atoms with Crippen LogP contribution >= 0.6 is 0 Å².